The van der Waals surface area contributed by atoms with E-state index >= 15 is 0 Å². The third-order valence-corrected chi connectivity index (χ3v) is 3.79. The zero-order valence-corrected chi connectivity index (χ0v) is 12.2. The van der Waals surface area contributed by atoms with Gasteiger partial charge >= 0.3 is 0 Å². The molecule has 94 valence electrons. The maximum absolute atomic E-state index is 5.85. The number of rotatable bonds is 5. The molecular formula is C14H14BrNOS. The van der Waals surface area contributed by atoms with Gasteiger partial charge in [0.25, 0.3) is 0 Å². The monoisotopic (exact) mass is 323 g/mol. The van der Waals surface area contributed by atoms with Crippen LogP contribution in [0.2, 0.25) is 0 Å². The van der Waals surface area contributed by atoms with Gasteiger partial charge in [0.1, 0.15) is 5.75 Å². The van der Waals surface area contributed by atoms with Gasteiger partial charge in [0.15, 0.2) is 0 Å². The first-order chi connectivity index (χ1) is 8.75. The van der Waals surface area contributed by atoms with Gasteiger partial charge in [0.2, 0.25) is 0 Å². The van der Waals surface area contributed by atoms with E-state index in [1.54, 1.807) is 11.8 Å². The molecule has 0 spiro atoms. The Morgan fingerprint density at radius 2 is 1.89 bits per heavy atom. The number of thioether (sulfide) groups is 1. The van der Waals surface area contributed by atoms with E-state index in [0.29, 0.717) is 12.3 Å². The van der Waals surface area contributed by atoms with Gasteiger partial charge in [-0.3, -0.25) is 0 Å². The van der Waals surface area contributed by atoms with Crippen molar-refractivity contribution >= 4 is 33.4 Å². The highest BCUT2D eigenvalue weighted by Crippen LogP contribution is 2.25. The average molecular weight is 324 g/mol. The Labute approximate surface area is 120 Å². The van der Waals surface area contributed by atoms with E-state index in [9.17, 15) is 0 Å². The van der Waals surface area contributed by atoms with Crippen LogP contribution in [0.5, 0.6) is 5.75 Å². The van der Waals surface area contributed by atoms with Crippen LogP contribution in [0.3, 0.4) is 0 Å². The van der Waals surface area contributed by atoms with Crippen molar-refractivity contribution < 1.29 is 4.74 Å². The number of hydrogen-bond acceptors (Lipinski definition) is 3. The van der Waals surface area contributed by atoms with Crippen LogP contribution in [-0.2, 0) is 0 Å². The number of hydrogen-bond donors (Lipinski definition) is 1. The molecule has 0 heterocycles. The molecule has 18 heavy (non-hydrogen) atoms. The van der Waals surface area contributed by atoms with Crippen LogP contribution in [0, 0.1) is 0 Å². The summed E-state index contributed by atoms with van der Waals surface area (Å²) < 4.78 is 6.61. The van der Waals surface area contributed by atoms with Gasteiger partial charge in [-0.05, 0) is 30.3 Å². The molecule has 2 aromatic carbocycles. The molecule has 2 nitrogen and oxygen atoms in total. The second kappa shape index (κ2) is 6.71. The molecule has 0 amide bonds. The van der Waals surface area contributed by atoms with Crippen LogP contribution in [0.4, 0.5) is 5.69 Å². The maximum atomic E-state index is 5.85. The fourth-order valence-electron chi connectivity index (χ4n) is 1.48. The first-order valence-electron chi connectivity index (χ1n) is 5.61. The summed E-state index contributed by atoms with van der Waals surface area (Å²) in [6, 6.07) is 15.9. The molecule has 0 bridgehead atoms. The summed E-state index contributed by atoms with van der Waals surface area (Å²) in [6.45, 7) is 0.644. The average Bonchev–Trinajstić information content (AvgIpc) is 2.38. The Balaban J connectivity index is 1.79. The largest absolute Gasteiger partial charge is 0.491 e. The fourth-order valence-corrected chi connectivity index (χ4v) is 2.61. The van der Waals surface area contributed by atoms with Crippen molar-refractivity contribution in [2.75, 3.05) is 18.1 Å². The summed E-state index contributed by atoms with van der Waals surface area (Å²) in [7, 11) is 0. The van der Waals surface area contributed by atoms with Crippen molar-refractivity contribution in [3.63, 3.8) is 0 Å². The normalized spacial score (nSPS) is 10.3. The van der Waals surface area contributed by atoms with Crippen molar-refractivity contribution in [1.82, 2.24) is 0 Å². The van der Waals surface area contributed by atoms with E-state index < -0.39 is 0 Å². The van der Waals surface area contributed by atoms with Crippen LogP contribution in [0.1, 0.15) is 0 Å². The van der Waals surface area contributed by atoms with Gasteiger partial charge in [0, 0.05) is 15.1 Å². The van der Waals surface area contributed by atoms with E-state index in [1.165, 1.54) is 4.90 Å². The lowest BCUT2D eigenvalue weighted by Crippen LogP contribution is -2.02. The van der Waals surface area contributed by atoms with Crippen LogP contribution >= 0.6 is 27.7 Å². The summed E-state index contributed by atoms with van der Waals surface area (Å²) >= 11 is 5.14. The fraction of sp³-hybridized carbons (Fsp3) is 0.143. The maximum Gasteiger partial charge on any atom is 0.142 e. The van der Waals surface area contributed by atoms with Crippen LogP contribution in [-0.4, -0.2) is 12.4 Å². The minimum Gasteiger partial charge on any atom is -0.491 e. The second-order valence-electron chi connectivity index (χ2n) is 3.69. The Bertz CT molecular complexity index is 504. The lowest BCUT2D eigenvalue weighted by atomic mass is 10.3. The molecule has 2 rings (SSSR count). The van der Waals surface area contributed by atoms with Crippen LogP contribution in [0.25, 0.3) is 0 Å². The van der Waals surface area contributed by atoms with E-state index in [1.807, 2.05) is 36.4 Å². The van der Waals surface area contributed by atoms with E-state index in [-0.39, 0.29) is 0 Å². The number of nitrogen functional groups attached to an aromatic ring is 1. The topological polar surface area (TPSA) is 35.2 Å². The van der Waals surface area contributed by atoms with Gasteiger partial charge in [-0.1, -0.05) is 34.1 Å². The molecule has 0 radical (unpaired) electrons. The molecule has 0 aliphatic carbocycles. The summed E-state index contributed by atoms with van der Waals surface area (Å²) in [4.78, 5) is 1.25. The Morgan fingerprint density at radius 3 is 2.61 bits per heavy atom. The molecule has 0 aromatic heterocycles. The molecule has 2 N–H and O–H groups in total. The molecule has 0 atom stereocenters. The molecule has 0 saturated carbocycles. The highest BCUT2D eigenvalue weighted by molar-refractivity contribution is 9.10. The van der Waals surface area contributed by atoms with Crippen molar-refractivity contribution in [3.05, 3.63) is 53.0 Å². The first kappa shape index (κ1) is 13.3. The van der Waals surface area contributed by atoms with E-state index in [0.717, 1.165) is 16.0 Å². The predicted octanol–water partition coefficient (Wildman–Crippen LogP) is 4.20. The second-order valence-corrected chi connectivity index (χ2v) is 5.78. The number of benzene rings is 2. The van der Waals surface area contributed by atoms with Crippen molar-refractivity contribution in [2.24, 2.45) is 0 Å². The van der Waals surface area contributed by atoms with E-state index in [4.69, 9.17) is 10.5 Å². The third-order valence-electron chi connectivity index (χ3n) is 2.32. The summed E-state index contributed by atoms with van der Waals surface area (Å²) in [6.07, 6.45) is 0. The summed E-state index contributed by atoms with van der Waals surface area (Å²) in [5.74, 6) is 1.64. The molecular weight excluding hydrogens is 310 g/mol. The number of ether oxygens (including phenoxy) is 1. The van der Waals surface area contributed by atoms with Gasteiger partial charge in [0.05, 0.1) is 12.3 Å². The minimum absolute atomic E-state index is 0.644. The zero-order valence-electron chi connectivity index (χ0n) is 9.80. The number of halogens is 1. The Morgan fingerprint density at radius 1 is 1.11 bits per heavy atom. The highest BCUT2D eigenvalue weighted by Gasteiger charge is 2.01. The lowest BCUT2D eigenvalue weighted by Gasteiger charge is -2.08. The molecule has 0 fully saturated rings. The van der Waals surface area contributed by atoms with Gasteiger partial charge in [-0.25, -0.2) is 0 Å². The van der Waals surface area contributed by atoms with Gasteiger partial charge in [-0.2, -0.15) is 0 Å². The SMILES string of the molecule is Nc1cc(Br)ccc1OCCSc1ccccc1. The third kappa shape index (κ3) is 3.96. The molecule has 0 unspecified atom stereocenters. The molecule has 0 aliphatic rings. The van der Waals surface area contributed by atoms with Crippen LogP contribution < -0.4 is 10.5 Å². The van der Waals surface area contributed by atoms with Crippen molar-refractivity contribution in [1.29, 1.82) is 0 Å². The van der Waals surface area contributed by atoms with Gasteiger partial charge < -0.3 is 10.5 Å². The smallest absolute Gasteiger partial charge is 0.142 e. The molecule has 0 aliphatic heterocycles. The minimum atomic E-state index is 0.644. The summed E-state index contributed by atoms with van der Waals surface area (Å²) in [5.41, 5.74) is 6.51. The Hall–Kier alpha value is -1.13. The Kier molecular flexibility index (Phi) is 4.96. The van der Waals surface area contributed by atoms with Gasteiger partial charge in [-0.15, -0.1) is 11.8 Å². The lowest BCUT2D eigenvalue weighted by molar-refractivity contribution is 0.346. The van der Waals surface area contributed by atoms with Crippen LogP contribution in [0.15, 0.2) is 57.9 Å². The molecule has 2 aromatic rings. The van der Waals surface area contributed by atoms with Crippen molar-refractivity contribution in [2.45, 2.75) is 4.90 Å². The number of anilines is 1. The molecule has 4 heteroatoms. The zero-order chi connectivity index (χ0) is 12.8. The quantitative estimate of drug-likeness (QED) is 0.508. The predicted molar refractivity (Wildman–Crippen MR) is 81.2 cm³/mol. The van der Waals surface area contributed by atoms with E-state index in [2.05, 4.69) is 28.1 Å². The highest BCUT2D eigenvalue weighted by atomic mass is 79.9. The number of nitrogens with two attached hydrogens (primary N) is 1. The first-order valence-corrected chi connectivity index (χ1v) is 7.39. The molecule has 0 saturated heterocycles. The standard InChI is InChI=1S/C14H14BrNOS/c15-11-6-7-14(13(16)10-11)17-8-9-18-12-4-2-1-3-5-12/h1-7,10H,8-9,16H2. The summed E-state index contributed by atoms with van der Waals surface area (Å²) in [5, 5.41) is 0. The van der Waals surface area contributed by atoms with Crippen molar-refractivity contribution in [3.8, 4) is 5.75 Å².